The summed E-state index contributed by atoms with van der Waals surface area (Å²) in [4.78, 5) is 2.50. The monoisotopic (exact) mass is 278 g/mol. The Kier molecular flexibility index (Phi) is 5.17. The van der Waals surface area contributed by atoms with Crippen LogP contribution >= 0.6 is 0 Å². The van der Waals surface area contributed by atoms with E-state index in [1.165, 1.54) is 12.8 Å². The summed E-state index contributed by atoms with van der Waals surface area (Å²) in [6, 6.07) is 6.96. The first-order chi connectivity index (χ1) is 9.52. The molecule has 1 saturated heterocycles. The molecule has 0 bridgehead atoms. The lowest BCUT2D eigenvalue weighted by Gasteiger charge is -2.42. The van der Waals surface area contributed by atoms with Crippen molar-refractivity contribution in [2.45, 2.75) is 58.7 Å². The number of nitrogens with zero attached hydrogens (tertiary/aromatic N) is 1. The lowest BCUT2D eigenvalue weighted by Crippen LogP contribution is -2.55. The molecule has 2 rings (SSSR count). The van der Waals surface area contributed by atoms with E-state index in [4.69, 9.17) is 0 Å². The van der Waals surface area contributed by atoms with Crippen LogP contribution in [0.3, 0.4) is 0 Å². The fourth-order valence-corrected chi connectivity index (χ4v) is 3.10. The van der Waals surface area contributed by atoms with Gasteiger partial charge in [0.2, 0.25) is 0 Å². The summed E-state index contributed by atoms with van der Waals surface area (Å²) in [6.07, 6.45) is 2.41. The number of benzene rings is 1. The van der Waals surface area contributed by atoms with Crippen molar-refractivity contribution in [1.29, 1.82) is 0 Å². The molecule has 3 atom stereocenters. The summed E-state index contributed by atoms with van der Waals surface area (Å²) in [5.41, 5.74) is 1.80. The molecule has 20 heavy (non-hydrogen) atoms. The molecule has 1 aliphatic heterocycles. The molecule has 0 spiro atoms. The molecule has 2 nitrogen and oxygen atoms in total. The molecule has 1 aliphatic rings. The molecule has 1 aromatic carbocycles. The Bertz CT molecular complexity index is 447. The number of aryl methyl sites for hydroxylation is 1. The first-order valence-electron chi connectivity index (χ1n) is 7.78. The van der Waals surface area contributed by atoms with Gasteiger partial charge in [-0.15, -0.1) is 0 Å². The Morgan fingerprint density at radius 3 is 2.85 bits per heavy atom. The van der Waals surface area contributed by atoms with E-state index in [0.717, 1.165) is 24.2 Å². The molecular formula is C17H27FN2. The fraction of sp³-hybridized carbons (Fsp3) is 0.647. The van der Waals surface area contributed by atoms with Crippen LogP contribution in [-0.4, -0.2) is 30.1 Å². The van der Waals surface area contributed by atoms with Crippen LogP contribution < -0.4 is 5.32 Å². The highest BCUT2D eigenvalue weighted by Gasteiger charge is 2.28. The topological polar surface area (TPSA) is 15.3 Å². The van der Waals surface area contributed by atoms with Gasteiger partial charge in [-0.1, -0.05) is 25.5 Å². The molecule has 1 aromatic rings. The van der Waals surface area contributed by atoms with Crippen molar-refractivity contribution in [3.05, 3.63) is 35.1 Å². The first-order valence-corrected chi connectivity index (χ1v) is 7.78. The second kappa shape index (κ2) is 6.68. The van der Waals surface area contributed by atoms with Crippen LogP contribution in [-0.2, 0) is 0 Å². The Labute approximate surface area is 122 Å². The van der Waals surface area contributed by atoms with E-state index < -0.39 is 0 Å². The summed E-state index contributed by atoms with van der Waals surface area (Å²) in [5, 5.41) is 3.61. The lowest BCUT2D eigenvalue weighted by atomic mass is 9.99. The third kappa shape index (κ3) is 3.39. The standard InChI is InChI=1S/C17H27FN2/c1-5-6-16-11-20(13(3)10-19-16)14(4)15-8-7-12(2)17(18)9-15/h7-9,13-14,16,19H,5-6,10-11H2,1-4H3. The van der Waals surface area contributed by atoms with Gasteiger partial charge < -0.3 is 5.32 Å². The molecule has 112 valence electrons. The molecule has 1 heterocycles. The number of rotatable bonds is 4. The van der Waals surface area contributed by atoms with E-state index in [1.54, 1.807) is 6.07 Å². The minimum Gasteiger partial charge on any atom is -0.311 e. The highest BCUT2D eigenvalue weighted by atomic mass is 19.1. The molecule has 0 aromatic heterocycles. The van der Waals surface area contributed by atoms with E-state index in [0.29, 0.717) is 12.1 Å². The Balaban J connectivity index is 2.13. The average molecular weight is 278 g/mol. The largest absolute Gasteiger partial charge is 0.311 e. The SMILES string of the molecule is CCCC1CN(C(C)c2ccc(C)c(F)c2)C(C)CN1. The predicted molar refractivity (Wildman–Crippen MR) is 82.4 cm³/mol. The molecular weight excluding hydrogens is 251 g/mol. The van der Waals surface area contributed by atoms with Crippen LogP contribution in [0.15, 0.2) is 18.2 Å². The highest BCUT2D eigenvalue weighted by Crippen LogP contribution is 2.26. The van der Waals surface area contributed by atoms with Crippen molar-refractivity contribution < 1.29 is 4.39 Å². The second-order valence-corrected chi connectivity index (χ2v) is 6.12. The van der Waals surface area contributed by atoms with Gasteiger partial charge in [0.25, 0.3) is 0 Å². The summed E-state index contributed by atoms with van der Waals surface area (Å²) in [7, 11) is 0. The predicted octanol–water partition coefficient (Wildman–Crippen LogP) is 3.66. The van der Waals surface area contributed by atoms with Gasteiger partial charge in [0.05, 0.1) is 0 Å². The van der Waals surface area contributed by atoms with Gasteiger partial charge in [-0.2, -0.15) is 0 Å². The smallest absolute Gasteiger partial charge is 0.126 e. The van der Waals surface area contributed by atoms with Crippen molar-refractivity contribution in [3.63, 3.8) is 0 Å². The van der Waals surface area contributed by atoms with Crippen LogP contribution in [0, 0.1) is 12.7 Å². The normalized spacial score (nSPS) is 25.6. The summed E-state index contributed by atoms with van der Waals surface area (Å²) in [5.74, 6) is -0.0951. The molecule has 1 N–H and O–H groups in total. The van der Waals surface area contributed by atoms with E-state index >= 15 is 0 Å². The van der Waals surface area contributed by atoms with Gasteiger partial charge in [-0.25, -0.2) is 4.39 Å². The highest BCUT2D eigenvalue weighted by molar-refractivity contribution is 5.25. The van der Waals surface area contributed by atoms with Gasteiger partial charge >= 0.3 is 0 Å². The zero-order valence-electron chi connectivity index (χ0n) is 13.1. The maximum atomic E-state index is 13.8. The zero-order chi connectivity index (χ0) is 14.7. The van der Waals surface area contributed by atoms with E-state index in [9.17, 15) is 4.39 Å². The van der Waals surface area contributed by atoms with Crippen molar-refractivity contribution in [2.75, 3.05) is 13.1 Å². The van der Waals surface area contributed by atoms with Gasteiger partial charge in [-0.05, 0) is 44.4 Å². The Hall–Kier alpha value is -0.930. The maximum Gasteiger partial charge on any atom is 0.126 e. The minimum absolute atomic E-state index is 0.0951. The number of halogens is 1. The van der Waals surface area contributed by atoms with Gasteiger partial charge in [0.1, 0.15) is 5.82 Å². The minimum atomic E-state index is -0.0951. The number of hydrogen-bond acceptors (Lipinski definition) is 2. The first kappa shape index (κ1) is 15.5. The summed E-state index contributed by atoms with van der Waals surface area (Å²) >= 11 is 0. The molecule has 3 heteroatoms. The fourth-order valence-electron chi connectivity index (χ4n) is 3.10. The van der Waals surface area contributed by atoms with Crippen molar-refractivity contribution in [1.82, 2.24) is 10.2 Å². The summed E-state index contributed by atoms with van der Waals surface area (Å²) in [6.45, 7) is 10.5. The van der Waals surface area contributed by atoms with Crippen LogP contribution in [0.1, 0.15) is 50.8 Å². The third-order valence-electron chi connectivity index (χ3n) is 4.51. The molecule has 0 saturated carbocycles. The third-order valence-corrected chi connectivity index (χ3v) is 4.51. The molecule has 1 fully saturated rings. The zero-order valence-corrected chi connectivity index (χ0v) is 13.1. The van der Waals surface area contributed by atoms with Crippen LogP contribution in [0.5, 0.6) is 0 Å². The van der Waals surface area contributed by atoms with Gasteiger partial charge in [-0.3, -0.25) is 4.90 Å². The number of hydrogen-bond donors (Lipinski definition) is 1. The van der Waals surface area contributed by atoms with Crippen molar-refractivity contribution >= 4 is 0 Å². The van der Waals surface area contributed by atoms with Gasteiger partial charge in [0, 0.05) is 31.2 Å². The van der Waals surface area contributed by atoms with E-state index in [-0.39, 0.29) is 11.9 Å². The second-order valence-electron chi connectivity index (χ2n) is 6.12. The lowest BCUT2D eigenvalue weighted by molar-refractivity contribution is 0.0957. The Morgan fingerprint density at radius 2 is 2.20 bits per heavy atom. The Morgan fingerprint density at radius 1 is 1.45 bits per heavy atom. The van der Waals surface area contributed by atoms with Crippen LogP contribution in [0.25, 0.3) is 0 Å². The molecule has 0 aliphatic carbocycles. The van der Waals surface area contributed by atoms with E-state index in [2.05, 4.69) is 37.1 Å². The van der Waals surface area contributed by atoms with E-state index in [1.807, 2.05) is 13.0 Å². The molecule has 0 amide bonds. The number of nitrogens with one attached hydrogen (secondary N) is 1. The average Bonchev–Trinajstić information content (AvgIpc) is 2.43. The summed E-state index contributed by atoms with van der Waals surface area (Å²) < 4.78 is 13.8. The van der Waals surface area contributed by atoms with Crippen molar-refractivity contribution in [3.8, 4) is 0 Å². The van der Waals surface area contributed by atoms with Crippen molar-refractivity contribution in [2.24, 2.45) is 0 Å². The van der Waals surface area contributed by atoms with Crippen LogP contribution in [0.4, 0.5) is 4.39 Å². The van der Waals surface area contributed by atoms with Gasteiger partial charge in [0.15, 0.2) is 0 Å². The maximum absolute atomic E-state index is 13.8. The molecule has 0 radical (unpaired) electrons. The molecule has 3 unspecified atom stereocenters. The van der Waals surface area contributed by atoms with Crippen LogP contribution in [0.2, 0.25) is 0 Å². The number of piperazine rings is 1. The quantitative estimate of drug-likeness (QED) is 0.904.